The molecule has 0 aromatic carbocycles. The Morgan fingerprint density at radius 1 is 1.40 bits per heavy atom. The Morgan fingerprint density at radius 3 is 2.95 bits per heavy atom. The van der Waals surface area contributed by atoms with Crippen molar-refractivity contribution in [2.24, 2.45) is 0 Å². The highest BCUT2D eigenvalue weighted by molar-refractivity contribution is 6.03. The Kier molecular flexibility index (Phi) is 3.50. The third-order valence-electron chi connectivity index (χ3n) is 3.82. The molecule has 1 N–H and O–H groups in total. The van der Waals surface area contributed by atoms with Crippen LogP contribution in [0.1, 0.15) is 48.2 Å². The molecule has 0 spiro atoms. The molecule has 5 nitrogen and oxygen atoms in total. The van der Waals surface area contributed by atoms with Crippen LogP contribution < -0.4 is 5.32 Å². The fourth-order valence-corrected chi connectivity index (χ4v) is 2.40. The van der Waals surface area contributed by atoms with Gasteiger partial charge in [0.2, 0.25) is 0 Å². The van der Waals surface area contributed by atoms with Gasteiger partial charge in [0.1, 0.15) is 5.82 Å². The van der Waals surface area contributed by atoms with E-state index < -0.39 is 0 Å². The van der Waals surface area contributed by atoms with Gasteiger partial charge in [0.25, 0.3) is 5.91 Å². The lowest BCUT2D eigenvalue weighted by molar-refractivity contribution is 0.102. The fraction of sp³-hybridized carbons (Fsp3) is 0.400. The van der Waals surface area contributed by atoms with Gasteiger partial charge in [-0.1, -0.05) is 6.42 Å². The summed E-state index contributed by atoms with van der Waals surface area (Å²) < 4.78 is 1.76. The van der Waals surface area contributed by atoms with Crippen molar-refractivity contribution < 1.29 is 4.79 Å². The first-order valence-corrected chi connectivity index (χ1v) is 7.07. The molecule has 0 unspecified atom stereocenters. The summed E-state index contributed by atoms with van der Waals surface area (Å²) in [6.45, 7) is 2.72. The van der Waals surface area contributed by atoms with Crippen LogP contribution in [-0.2, 0) is 6.54 Å². The Morgan fingerprint density at radius 2 is 2.25 bits per heavy atom. The molecule has 2 aromatic rings. The molecular weight excluding hydrogens is 252 g/mol. The molecule has 1 saturated carbocycles. The number of rotatable bonds is 4. The Bertz CT molecular complexity index is 616. The third-order valence-corrected chi connectivity index (χ3v) is 3.82. The summed E-state index contributed by atoms with van der Waals surface area (Å²) in [7, 11) is 0. The number of amides is 1. The van der Waals surface area contributed by atoms with E-state index in [4.69, 9.17) is 0 Å². The molecule has 2 heterocycles. The molecule has 3 rings (SSSR count). The summed E-state index contributed by atoms with van der Waals surface area (Å²) >= 11 is 0. The van der Waals surface area contributed by atoms with Crippen molar-refractivity contribution in [1.29, 1.82) is 0 Å². The molecule has 1 aliphatic carbocycles. The number of nitrogens with zero attached hydrogens (tertiary/aromatic N) is 3. The first kappa shape index (κ1) is 12.8. The highest BCUT2D eigenvalue weighted by Gasteiger charge is 2.21. The molecule has 2 aromatic heterocycles. The van der Waals surface area contributed by atoms with E-state index in [1.165, 1.54) is 19.3 Å². The summed E-state index contributed by atoms with van der Waals surface area (Å²) in [5.74, 6) is 1.14. The minimum Gasteiger partial charge on any atom is -0.307 e. The zero-order chi connectivity index (χ0) is 13.9. The standard InChI is InChI=1S/C15H18N4O/c1-2-19-14(7-9-17-19)18-15(20)12-6-8-16-13(10-12)11-4-3-5-11/h6-11H,2-5H2,1H3,(H,18,20). The number of nitrogens with one attached hydrogen (secondary N) is 1. The molecule has 1 aliphatic rings. The Labute approximate surface area is 118 Å². The zero-order valence-electron chi connectivity index (χ0n) is 11.5. The van der Waals surface area contributed by atoms with Crippen LogP contribution in [0.5, 0.6) is 0 Å². The van der Waals surface area contributed by atoms with Gasteiger partial charge in [0, 0.05) is 36.0 Å². The molecule has 0 saturated heterocycles. The third kappa shape index (κ3) is 2.43. The normalized spacial score (nSPS) is 14.8. The van der Waals surface area contributed by atoms with Crippen molar-refractivity contribution in [3.8, 4) is 0 Å². The SMILES string of the molecule is CCn1nccc1NC(=O)c1ccnc(C2CCC2)c1. The van der Waals surface area contributed by atoms with E-state index in [9.17, 15) is 4.79 Å². The van der Waals surface area contributed by atoms with Gasteiger partial charge < -0.3 is 5.32 Å². The second kappa shape index (κ2) is 5.45. The predicted octanol–water partition coefficient (Wildman–Crippen LogP) is 2.82. The number of hydrogen-bond donors (Lipinski definition) is 1. The number of carbonyl (C=O) groups is 1. The van der Waals surface area contributed by atoms with Crippen LogP contribution in [0.25, 0.3) is 0 Å². The van der Waals surface area contributed by atoms with E-state index in [0.29, 0.717) is 11.5 Å². The molecule has 0 atom stereocenters. The van der Waals surface area contributed by atoms with E-state index in [-0.39, 0.29) is 5.91 Å². The summed E-state index contributed by atoms with van der Waals surface area (Å²) in [5.41, 5.74) is 1.69. The van der Waals surface area contributed by atoms with E-state index >= 15 is 0 Å². The number of aromatic nitrogens is 3. The van der Waals surface area contributed by atoms with Crippen molar-refractivity contribution in [3.05, 3.63) is 41.9 Å². The van der Waals surface area contributed by atoms with Gasteiger partial charge in [-0.25, -0.2) is 4.68 Å². The fourth-order valence-electron chi connectivity index (χ4n) is 2.40. The lowest BCUT2D eigenvalue weighted by atomic mass is 9.82. The molecule has 104 valence electrons. The molecule has 1 amide bonds. The topological polar surface area (TPSA) is 59.8 Å². The molecule has 0 aliphatic heterocycles. The highest BCUT2D eigenvalue weighted by atomic mass is 16.1. The highest BCUT2D eigenvalue weighted by Crippen LogP contribution is 2.35. The van der Waals surface area contributed by atoms with Gasteiger partial charge in [-0.05, 0) is 31.9 Å². The largest absolute Gasteiger partial charge is 0.307 e. The number of carbonyl (C=O) groups excluding carboxylic acids is 1. The molecular formula is C15H18N4O. The van der Waals surface area contributed by atoms with E-state index in [1.807, 2.05) is 13.0 Å². The second-order valence-corrected chi connectivity index (χ2v) is 5.08. The monoisotopic (exact) mass is 270 g/mol. The van der Waals surface area contributed by atoms with Gasteiger partial charge >= 0.3 is 0 Å². The molecule has 1 fully saturated rings. The van der Waals surface area contributed by atoms with Crippen LogP contribution in [-0.4, -0.2) is 20.7 Å². The first-order chi connectivity index (χ1) is 9.78. The van der Waals surface area contributed by atoms with Crippen molar-refractivity contribution in [3.63, 3.8) is 0 Å². The molecule has 0 radical (unpaired) electrons. The van der Waals surface area contributed by atoms with E-state index in [0.717, 1.165) is 18.1 Å². The number of anilines is 1. The van der Waals surface area contributed by atoms with Crippen LogP contribution in [0.4, 0.5) is 5.82 Å². The van der Waals surface area contributed by atoms with Crippen LogP contribution >= 0.6 is 0 Å². The van der Waals surface area contributed by atoms with Crippen LogP contribution in [0.3, 0.4) is 0 Å². The number of pyridine rings is 1. The maximum atomic E-state index is 12.3. The average molecular weight is 270 g/mol. The zero-order valence-corrected chi connectivity index (χ0v) is 11.5. The molecule has 5 heteroatoms. The summed E-state index contributed by atoms with van der Waals surface area (Å²) in [6, 6.07) is 5.46. The van der Waals surface area contributed by atoms with Crippen LogP contribution in [0.15, 0.2) is 30.6 Å². The number of hydrogen-bond acceptors (Lipinski definition) is 3. The maximum absolute atomic E-state index is 12.3. The van der Waals surface area contributed by atoms with E-state index in [1.54, 1.807) is 29.2 Å². The van der Waals surface area contributed by atoms with Crippen molar-refractivity contribution >= 4 is 11.7 Å². The lowest BCUT2D eigenvalue weighted by Crippen LogP contribution is -2.17. The van der Waals surface area contributed by atoms with Crippen molar-refractivity contribution in [2.75, 3.05) is 5.32 Å². The summed E-state index contributed by atoms with van der Waals surface area (Å²) in [6.07, 6.45) is 7.03. The maximum Gasteiger partial charge on any atom is 0.256 e. The summed E-state index contributed by atoms with van der Waals surface area (Å²) in [5, 5.41) is 7.03. The smallest absolute Gasteiger partial charge is 0.256 e. The van der Waals surface area contributed by atoms with Crippen LogP contribution in [0, 0.1) is 0 Å². The average Bonchev–Trinajstić information content (AvgIpc) is 2.84. The van der Waals surface area contributed by atoms with Gasteiger partial charge in [-0.15, -0.1) is 0 Å². The van der Waals surface area contributed by atoms with Crippen molar-refractivity contribution in [2.45, 2.75) is 38.6 Å². The Balaban J connectivity index is 1.76. The van der Waals surface area contributed by atoms with Crippen molar-refractivity contribution in [1.82, 2.24) is 14.8 Å². The first-order valence-electron chi connectivity index (χ1n) is 7.07. The lowest BCUT2D eigenvalue weighted by Gasteiger charge is -2.24. The van der Waals surface area contributed by atoms with E-state index in [2.05, 4.69) is 15.4 Å². The van der Waals surface area contributed by atoms with Gasteiger partial charge in [0.05, 0.1) is 6.20 Å². The molecule has 0 bridgehead atoms. The quantitative estimate of drug-likeness (QED) is 0.929. The predicted molar refractivity (Wildman–Crippen MR) is 76.7 cm³/mol. The van der Waals surface area contributed by atoms with Gasteiger partial charge in [0.15, 0.2) is 0 Å². The summed E-state index contributed by atoms with van der Waals surface area (Å²) in [4.78, 5) is 16.7. The number of aryl methyl sites for hydroxylation is 1. The minimum atomic E-state index is -0.108. The Hall–Kier alpha value is -2.17. The van der Waals surface area contributed by atoms with Gasteiger partial charge in [-0.2, -0.15) is 5.10 Å². The second-order valence-electron chi connectivity index (χ2n) is 5.08. The van der Waals surface area contributed by atoms with Gasteiger partial charge in [-0.3, -0.25) is 9.78 Å². The molecule has 20 heavy (non-hydrogen) atoms. The van der Waals surface area contributed by atoms with Crippen LogP contribution in [0.2, 0.25) is 0 Å². The minimum absolute atomic E-state index is 0.108.